The average molecular weight is 370 g/mol. The van der Waals surface area contributed by atoms with Crippen LogP contribution in [0.25, 0.3) is 0 Å². The van der Waals surface area contributed by atoms with Crippen molar-refractivity contribution in [3.8, 4) is 0 Å². The second-order valence-corrected chi connectivity index (χ2v) is 6.29. The minimum atomic E-state index is -0.259. The van der Waals surface area contributed by atoms with Gasteiger partial charge in [-0.25, -0.2) is 4.79 Å². The Hall–Kier alpha value is -2.90. The molecule has 0 bridgehead atoms. The molecule has 8 nitrogen and oxygen atoms in total. The lowest BCUT2D eigenvalue weighted by molar-refractivity contribution is 0.105. The molecule has 0 spiro atoms. The highest BCUT2D eigenvalue weighted by Crippen LogP contribution is 2.17. The lowest BCUT2D eigenvalue weighted by atomic mass is 10.2. The molecule has 1 aliphatic heterocycles. The highest BCUT2D eigenvalue weighted by Gasteiger charge is 2.24. The van der Waals surface area contributed by atoms with E-state index >= 15 is 0 Å². The Morgan fingerprint density at radius 1 is 1.15 bits per heavy atom. The maximum absolute atomic E-state index is 11.8. The fourth-order valence-corrected chi connectivity index (χ4v) is 3.03. The normalized spacial score (nSPS) is 14.1. The van der Waals surface area contributed by atoms with Gasteiger partial charge >= 0.3 is 6.09 Å². The molecule has 3 rings (SSSR count). The van der Waals surface area contributed by atoms with Crippen molar-refractivity contribution in [3.05, 3.63) is 42.1 Å². The highest BCUT2D eigenvalue weighted by molar-refractivity contribution is 5.68. The summed E-state index contributed by atoms with van der Waals surface area (Å²) in [5.74, 6) is 1.40. The third-order valence-electron chi connectivity index (χ3n) is 4.55. The van der Waals surface area contributed by atoms with E-state index in [1.807, 2.05) is 25.1 Å². The summed E-state index contributed by atoms with van der Waals surface area (Å²) in [4.78, 5) is 22.5. The molecule has 1 aliphatic rings. The number of carbonyl (C=O) groups is 1. The van der Waals surface area contributed by atoms with Crippen LogP contribution >= 0.6 is 0 Å². The lowest BCUT2D eigenvalue weighted by Gasteiger charge is -2.34. The predicted octanol–water partition coefficient (Wildman–Crippen LogP) is 2.18. The van der Waals surface area contributed by atoms with Crippen molar-refractivity contribution in [1.29, 1.82) is 0 Å². The Morgan fingerprint density at radius 2 is 1.89 bits per heavy atom. The van der Waals surface area contributed by atoms with Gasteiger partial charge in [-0.15, -0.1) is 5.10 Å². The molecule has 0 unspecified atom stereocenters. The Balaban J connectivity index is 1.66. The number of hydrogen-bond acceptors (Lipinski definition) is 7. The van der Waals surface area contributed by atoms with Gasteiger partial charge in [0.15, 0.2) is 5.82 Å². The van der Waals surface area contributed by atoms with Crippen molar-refractivity contribution in [2.45, 2.75) is 20.4 Å². The number of piperazine rings is 1. The molecule has 1 saturated heterocycles. The SMILES string of the molecule is CCOC(=O)N1CCN(c2nncc(N(CC)Cc3ccccc3)n2)CC1. The summed E-state index contributed by atoms with van der Waals surface area (Å²) < 4.78 is 5.06. The van der Waals surface area contributed by atoms with Gasteiger partial charge in [0.05, 0.1) is 12.8 Å². The van der Waals surface area contributed by atoms with Crippen LogP contribution in [0, 0.1) is 0 Å². The lowest BCUT2D eigenvalue weighted by Crippen LogP contribution is -2.49. The Kier molecular flexibility index (Phi) is 6.40. The number of amides is 1. The molecule has 0 atom stereocenters. The summed E-state index contributed by atoms with van der Waals surface area (Å²) in [5, 5.41) is 8.35. The molecule has 0 radical (unpaired) electrons. The first-order valence-corrected chi connectivity index (χ1v) is 9.36. The molecule has 1 amide bonds. The molecule has 27 heavy (non-hydrogen) atoms. The van der Waals surface area contributed by atoms with Gasteiger partial charge in [-0.3, -0.25) is 0 Å². The zero-order valence-corrected chi connectivity index (χ0v) is 15.9. The molecule has 144 valence electrons. The topological polar surface area (TPSA) is 74.7 Å². The van der Waals surface area contributed by atoms with E-state index in [0.29, 0.717) is 38.7 Å². The molecule has 1 fully saturated rings. The summed E-state index contributed by atoms with van der Waals surface area (Å²) >= 11 is 0. The third-order valence-corrected chi connectivity index (χ3v) is 4.55. The van der Waals surface area contributed by atoms with Crippen LogP contribution in [0.2, 0.25) is 0 Å². The fourth-order valence-electron chi connectivity index (χ4n) is 3.03. The van der Waals surface area contributed by atoms with E-state index in [9.17, 15) is 4.79 Å². The minimum Gasteiger partial charge on any atom is -0.450 e. The first kappa shape index (κ1) is 18.9. The van der Waals surface area contributed by atoms with E-state index in [1.165, 1.54) is 5.56 Å². The molecule has 8 heteroatoms. The van der Waals surface area contributed by atoms with E-state index in [4.69, 9.17) is 9.72 Å². The Bertz CT molecular complexity index is 734. The standard InChI is InChI=1S/C19H26N6O2/c1-3-23(15-16-8-6-5-7-9-16)17-14-20-22-18(21-17)24-10-12-25(13-11-24)19(26)27-4-2/h5-9,14H,3-4,10-13,15H2,1-2H3. The molecule has 1 aromatic carbocycles. The van der Waals surface area contributed by atoms with Crippen LogP contribution in [0.4, 0.5) is 16.6 Å². The molecular formula is C19H26N6O2. The van der Waals surface area contributed by atoms with E-state index in [1.54, 1.807) is 11.1 Å². The second-order valence-electron chi connectivity index (χ2n) is 6.29. The Labute approximate surface area is 159 Å². The number of nitrogens with zero attached hydrogens (tertiary/aromatic N) is 6. The van der Waals surface area contributed by atoms with Crippen molar-refractivity contribution in [3.63, 3.8) is 0 Å². The van der Waals surface area contributed by atoms with Crippen molar-refractivity contribution in [1.82, 2.24) is 20.1 Å². The first-order valence-electron chi connectivity index (χ1n) is 9.36. The van der Waals surface area contributed by atoms with Crippen molar-refractivity contribution in [2.24, 2.45) is 0 Å². The van der Waals surface area contributed by atoms with Crippen molar-refractivity contribution in [2.75, 3.05) is 49.1 Å². The summed E-state index contributed by atoms with van der Waals surface area (Å²) in [6.45, 7) is 8.40. The summed E-state index contributed by atoms with van der Waals surface area (Å²) in [7, 11) is 0. The van der Waals surface area contributed by atoms with Gasteiger partial charge in [-0.2, -0.15) is 10.1 Å². The molecule has 0 saturated carbocycles. The summed E-state index contributed by atoms with van der Waals surface area (Å²) in [5.41, 5.74) is 1.22. The van der Waals surface area contributed by atoms with Gasteiger partial charge in [-0.05, 0) is 19.4 Å². The molecular weight excluding hydrogens is 344 g/mol. The minimum absolute atomic E-state index is 0.259. The third kappa shape index (κ3) is 4.84. The van der Waals surface area contributed by atoms with E-state index in [-0.39, 0.29) is 6.09 Å². The van der Waals surface area contributed by atoms with Crippen LogP contribution in [-0.4, -0.2) is 65.5 Å². The number of rotatable bonds is 6. The van der Waals surface area contributed by atoms with E-state index < -0.39 is 0 Å². The smallest absolute Gasteiger partial charge is 0.409 e. The highest BCUT2D eigenvalue weighted by atomic mass is 16.6. The summed E-state index contributed by atoms with van der Waals surface area (Å²) in [6, 6.07) is 10.3. The fraction of sp³-hybridized carbons (Fsp3) is 0.474. The first-order chi connectivity index (χ1) is 13.2. The zero-order valence-electron chi connectivity index (χ0n) is 15.9. The van der Waals surface area contributed by atoms with Gasteiger partial charge in [0.2, 0.25) is 5.95 Å². The van der Waals surface area contributed by atoms with Crippen LogP contribution in [0.15, 0.2) is 36.5 Å². The predicted molar refractivity (Wildman–Crippen MR) is 104 cm³/mol. The number of hydrogen-bond donors (Lipinski definition) is 0. The maximum atomic E-state index is 11.8. The number of ether oxygens (including phenoxy) is 1. The molecule has 0 aliphatic carbocycles. The van der Waals surface area contributed by atoms with Crippen molar-refractivity contribution < 1.29 is 9.53 Å². The zero-order chi connectivity index (χ0) is 19.1. The van der Waals surface area contributed by atoms with Gasteiger partial charge in [0, 0.05) is 39.3 Å². The van der Waals surface area contributed by atoms with E-state index in [0.717, 1.165) is 18.9 Å². The van der Waals surface area contributed by atoms with E-state index in [2.05, 4.69) is 39.1 Å². The van der Waals surface area contributed by atoms with Crippen LogP contribution in [-0.2, 0) is 11.3 Å². The van der Waals surface area contributed by atoms with Crippen molar-refractivity contribution >= 4 is 17.9 Å². The average Bonchev–Trinajstić information content (AvgIpc) is 2.73. The van der Waals surface area contributed by atoms with Crippen LogP contribution < -0.4 is 9.80 Å². The number of carbonyl (C=O) groups excluding carboxylic acids is 1. The van der Waals surface area contributed by atoms with Crippen LogP contribution in [0.3, 0.4) is 0 Å². The number of aromatic nitrogens is 3. The number of benzene rings is 1. The monoisotopic (exact) mass is 370 g/mol. The van der Waals surface area contributed by atoms with Gasteiger partial charge in [0.25, 0.3) is 0 Å². The van der Waals surface area contributed by atoms with Crippen LogP contribution in [0.5, 0.6) is 0 Å². The van der Waals surface area contributed by atoms with Gasteiger partial charge < -0.3 is 19.4 Å². The number of anilines is 2. The van der Waals surface area contributed by atoms with Gasteiger partial charge in [0.1, 0.15) is 0 Å². The largest absolute Gasteiger partial charge is 0.450 e. The molecule has 2 heterocycles. The second kappa shape index (κ2) is 9.16. The molecule has 0 N–H and O–H groups in total. The summed E-state index contributed by atoms with van der Waals surface area (Å²) in [6.07, 6.45) is 1.44. The van der Waals surface area contributed by atoms with Gasteiger partial charge in [-0.1, -0.05) is 30.3 Å². The quantitative estimate of drug-likeness (QED) is 0.771. The Morgan fingerprint density at radius 3 is 2.56 bits per heavy atom. The van der Waals surface area contributed by atoms with Crippen LogP contribution in [0.1, 0.15) is 19.4 Å². The maximum Gasteiger partial charge on any atom is 0.409 e. The molecule has 1 aromatic heterocycles. The molecule has 2 aromatic rings.